The fourth-order valence-corrected chi connectivity index (χ4v) is 7.86. The van der Waals surface area contributed by atoms with Gasteiger partial charge in [0.1, 0.15) is 5.82 Å². The Labute approximate surface area is 283 Å². The number of hydrogen-bond acceptors (Lipinski definition) is 1. The van der Waals surface area contributed by atoms with Crippen LogP contribution in [0.15, 0.2) is 103 Å². The lowest BCUT2D eigenvalue weighted by atomic mass is 9.81. The molecule has 0 bridgehead atoms. The molecule has 3 heteroatoms. The summed E-state index contributed by atoms with van der Waals surface area (Å²) in [7, 11) is 0. The SMILES string of the molecule is CCn1c2ccc(-c3nc4ccccc4n3-c3c(C(C)C)cc(C(C)(C)C)cc3C(C)C)cc2c2c3ccc4ccccc4c3ccc21. The van der Waals surface area contributed by atoms with E-state index in [0.29, 0.717) is 11.8 Å². The maximum Gasteiger partial charge on any atom is 0.145 e. The largest absolute Gasteiger partial charge is 0.341 e. The van der Waals surface area contributed by atoms with Crippen LogP contribution in [0.2, 0.25) is 0 Å². The number of aromatic nitrogens is 3. The number of fused-ring (bicyclic) bond motifs is 8. The zero-order chi connectivity index (χ0) is 33.5. The van der Waals surface area contributed by atoms with Gasteiger partial charge in [0.05, 0.1) is 16.7 Å². The van der Waals surface area contributed by atoms with E-state index in [1.54, 1.807) is 0 Å². The summed E-state index contributed by atoms with van der Waals surface area (Å²) < 4.78 is 4.93. The van der Waals surface area contributed by atoms with Crippen molar-refractivity contribution in [3.05, 3.63) is 120 Å². The average molecular weight is 628 g/mol. The second kappa shape index (κ2) is 11.1. The summed E-state index contributed by atoms with van der Waals surface area (Å²) in [5.41, 5.74) is 11.3. The maximum absolute atomic E-state index is 5.40. The van der Waals surface area contributed by atoms with Crippen molar-refractivity contribution < 1.29 is 0 Å². The van der Waals surface area contributed by atoms with E-state index in [-0.39, 0.29) is 5.41 Å². The van der Waals surface area contributed by atoms with Crippen molar-refractivity contribution in [3.63, 3.8) is 0 Å². The lowest BCUT2D eigenvalue weighted by molar-refractivity contribution is 0.586. The smallest absolute Gasteiger partial charge is 0.145 e. The van der Waals surface area contributed by atoms with Crippen molar-refractivity contribution in [2.45, 2.75) is 79.2 Å². The summed E-state index contributed by atoms with van der Waals surface area (Å²) in [5, 5.41) is 7.78. The van der Waals surface area contributed by atoms with Crippen LogP contribution in [0.3, 0.4) is 0 Å². The fourth-order valence-electron chi connectivity index (χ4n) is 7.86. The van der Waals surface area contributed by atoms with Crippen LogP contribution in [0.1, 0.15) is 83.9 Å². The van der Waals surface area contributed by atoms with E-state index >= 15 is 0 Å². The Morgan fingerprint density at radius 2 is 1.29 bits per heavy atom. The predicted molar refractivity (Wildman–Crippen MR) is 207 cm³/mol. The van der Waals surface area contributed by atoms with E-state index in [1.165, 1.54) is 65.7 Å². The number of imidazole rings is 1. The third kappa shape index (κ3) is 4.58. The number of hydrogen-bond donors (Lipinski definition) is 0. The third-order valence-electron chi connectivity index (χ3n) is 10.4. The molecule has 0 aliphatic carbocycles. The van der Waals surface area contributed by atoms with Gasteiger partial charge in [-0.25, -0.2) is 4.98 Å². The van der Waals surface area contributed by atoms with Crippen LogP contribution in [-0.4, -0.2) is 14.1 Å². The van der Waals surface area contributed by atoms with E-state index in [9.17, 15) is 0 Å². The second-order valence-corrected chi connectivity index (χ2v) is 15.1. The molecule has 3 nitrogen and oxygen atoms in total. The molecule has 2 aromatic heterocycles. The highest BCUT2D eigenvalue weighted by Gasteiger charge is 2.26. The number of nitrogens with zero attached hydrogens (tertiary/aromatic N) is 3. The minimum atomic E-state index is 0.0538. The average Bonchev–Trinajstić information content (AvgIpc) is 3.62. The van der Waals surface area contributed by atoms with E-state index in [2.05, 4.69) is 168 Å². The van der Waals surface area contributed by atoms with Gasteiger partial charge in [-0.3, -0.25) is 4.57 Å². The maximum atomic E-state index is 5.40. The molecule has 6 aromatic carbocycles. The Balaban J connectivity index is 1.48. The van der Waals surface area contributed by atoms with Gasteiger partial charge in [0, 0.05) is 33.9 Å². The number of aryl methyl sites for hydroxylation is 1. The third-order valence-corrected chi connectivity index (χ3v) is 10.4. The zero-order valence-corrected chi connectivity index (χ0v) is 29.5. The van der Waals surface area contributed by atoms with E-state index in [4.69, 9.17) is 4.98 Å². The van der Waals surface area contributed by atoms with Crippen LogP contribution >= 0.6 is 0 Å². The molecule has 0 N–H and O–H groups in total. The van der Waals surface area contributed by atoms with Crippen LogP contribution in [-0.2, 0) is 12.0 Å². The minimum absolute atomic E-state index is 0.0538. The van der Waals surface area contributed by atoms with Crippen LogP contribution in [0.25, 0.3) is 71.5 Å². The molecule has 0 saturated carbocycles. The molecule has 2 heterocycles. The van der Waals surface area contributed by atoms with Crippen molar-refractivity contribution in [2.75, 3.05) is 0 Å². The van der Waals surface area contributed by atoms with E-state index in [0.717, 1.165) is 29.0 Å². The van der Waals surface area contributed by atoms with Crippen molar-refractivity contribution in [3.8, 4) is 17.1 Å². The molecule has 0 fully saturated rings. The van der Waals surface area contributed by atoms with Gasteiger partial charge in [0.15, 0.2) is 0 Å². The Bertz CT molecular complexity index is 2500. The molecule has 0 unspecified atom stereocenters. The highest BCUT2D eigenvalue weighted by Crippen LogP contribution is 2.42. The first-order valence-electron chi connectivity index (χ1n) is 17.6. The summed E-state index contributed by atoms with van der Waals surface area (Å²) in [5.74, 6) is 1.69. The Hall–Kier alpha value is -4.89. The van der Waals surface area contributed by atoms with Gasteiger partial charge in [-0.15, -0.1) is 0 Å². The first-order valence-corrected chi connectivity index (χ1v) is 17.6. The number of rotatable bonds is 5. The first kappa shape index (κ1) is 30.4. The van der Waals surface area contributed by atoms with Gasteiger partial charge < -0.3 is 4.57 Å². The van der Waals surface area contributed by atoms with E-state index < -0.39 is 0 Å². The summed E-state index contributed by atoms with van der Waals surface area (Å²) in [4.78, 5) is 5.40. The molecular formula is C45H45N3. The van der Waals surface area contributed by atoms with Gasteiger partial charge in [-0.05, 0) is 98.8 Å². The molecule has 8 aromatic rings. The molecule has 0 radical (unpaired) electrons. The normalized spacial score (nSPS) is 12.6. The van der Waals surface area contributed by atoms with Gasteiger partial charge in [-0.1, -0.05) is 115 Å². The summed E-state index contributed by atoms with van der Waals surface area (Å²) in [6, 6.07) is 38.5. The highest BCUT2D eigenvalue weighted by molar-refractivity contribution is 6.25. The number of para-hydroxylation sites is 2. The van der Waals surface area contributed by atoms with Crippen LogP contribution in [0.4, 0.5) is 0 Å². The number of benzene rings is 6. The molecule has 0 aliphatic heterocycles. The lowest BCUT2D eigenvalue weighted by Crippen LogP contribution is -2.16. The molecule has 0 atom stereocenters. The topological polar surface area (TPSA) is 22.8 Å². The molecule has 0 saturated heterocycles. The van der Waals surface area contributed by atoms with E-state index in [1.807, 2.05) is 0 Å². The van der Waals surface area contributed by atoms with Gasteiger partial charge >= 0.3 is 0 Å². The quantitative estimate of drug-likeness (QED) is 0.174. The highest BCUT2D eigenvalue weighted by atomic mass is 15.1. The molecular weight excluding hydrogens is 583 g/mol. The molecule has 0 aliphatic rings. The Morgan fingerprint density at radius 3 is 2.00 bits per heavy atom. The fraction of sp³-hybridized carbons (Fsp3) is 0.267. The van der Waals surface area contributed by atoms with Gasteiger partial charge in [0.2, 0.25) is 0 Å². The Morgan fingerprint density at radius 1 is 0.625 bits per heavy atom. The zero-order valence-electron chi connectivity index (χ0n) is 29.5. The molecule has 48 heavy (non-hydrogen) atoms. The van der Waals surface area contributed by atoms with Crippen molar-refractivity contribution in [1.29, 1.82) is 0 Å². The van der Waals surface area contributed by atoms with Crippen LogP contribution < -0.4 is 0 Å². The summed E-state index contributed by atoms with van der Waals surface area (Å²) >= 11 is 0. The van der Waals surface area contributed by atoms with Gasteiger partial charge in [-0.2, -0.15) is 0 Å². The summed E-state index contributed by atoms with van der Waals surface area (Å²) in [6.07, 6.45) is 0. The van der Waals surface area contributed by atoms with Crippen molar-refractivity contribution >= 4 is 54.4 Å². The standard InChI is InChI=1S/C45H45N3/c1-9-47-39-22-19-30(24-37(39)42-34-20-18-29-14-10-11-15-32(29)33(34)21-23-41(42)47)44-46-38-16-12-13-17-40(38)48(44)43-35(27(2)3)25-31(45(6,7)8)26-36(43)28(4)5/h10-28H,9H2,1-8H3. The lowest BCUT2D eigenvalue weighted by Gasteiger charge is -2.28. The van der Waals surface area contributed by atoms with Crippen LogP contribution in [0.5, 0.6) is 0 Å². The van der Waals surface area contributed by atoms with Crippen molar-refractivity contribution in [1.82, 2.24) is 14.1 Å². The second-order valence-electron chi connectivity index (χ2n) is 15.1. The molecule has 8 rings (SSSR count). The minimum Gasteiger partial charge on any atom is -0.341 e. The molecule has 240 valence electrons. The Kier molecular flexibility index (Phi) is 7.03. The van der Waals surface area contributed by atoms with Gasteiger partial charge in [0.25, 0.3) is 0 Å². The summed E-state index contributed by atoms with van der Waals surface area (Å²) in [6.45, 7) is 19.4. The predicted octanol–water partition coefficient (Wildman–Crippen LogP) is 12.7. The first-order chi connectivity index (χ1) is 23.1. The van der Waals surface area contributed by atoms with Crippen LogP contribution in [0, 0.1) is 0 Å². The molecule has 0 amide bonds. The molecule has 0 spiro atoms. The monoisotopic (exact) mass is 627 g/mol. The van der Waals surface area contributed by atoms with Crippen molar-refractivity contribution in [2.24, 2.45) is 0 Å².